The fraction of sp³-hybridized carbons (Fsp3) is 0.862. The van der Waals surface area contributed by atoms with E-state index in [0.29, 0.717) is 24.0 Å². The molecule has 6 atom stereocenters. The Hall–Kier alpha value is -1.10. The summed E-state index contributed by atoms with van der Waals surface area (Å²) in [5.74, 6) is 3.76. The number of Topliss-reactive ketones (excluding diaryl/α,β-unsaturated/α-hetero) is 1. The third-order valence-electron chi connectivity index (χ3n) is 11.4. The van der Waals surface area contributed by atoms with E-state index in [4.69, 9.17) is 0 Å². The molecule has 31 heavy (non-hydrogen) atoms. The number of hydrogen-bond acceptors (Lipinski definition) is 2. The van der Waals surface area contributed by atoms with E-state index in [1.165, 1.54) is 64.2 Å². The molecule has 0 N–H and O–H groups in total. The maximum absolute atomic E-state index is 12.3. The van der Waals surface area contributed by atoms with Gasteiger partial charge >= 0.3 is 0 Å². The first-order chi connectivity index (χ1) is 14.8. The van der Waals surface area contributed by atoms with Crippen molar-refractivity contribution in [3.8, 4) is 6.07 Å². The van der Waals surface area contributed by atoms with Crippen LogP contribution in [-0.2, 0) is 4.79 Å². The van der Waals surface area contributed by atoms with Crippen LogP contribution in [0.2, 0.25) is 0 Å². The van der Waals surface area contributed by atoms with E-state index >= 15 is 0 Å². The van der Waals surface area contributed by atoms with Gasteiger partial charge in [-0.1, -0.05) is 64.0 Å². The van der Waals surface area contributed by atoms with Crippen molar-refractivity contribution in [2.45, 2.75) is 117 Å². The van der Waals surface area contributed by atoms with Crippen LogP contribution in [0, 0.1) is 51.2 Å². The molecule has 0 aromatic rings. The highest BCUT2D eigenvalue weighted by molar-refractivity contribution is 5.81. The maximum atomic E-state index is 12.3. The SMILES string of the molecule is C[C@H](CC1CCCCC1)[C@H]1CC[C@H]2C3=C(CC[C@]12C)[C@@]1(C)CCC(=O)C[C@]1(C#N)CC3. The minimum absolute atomic E-state index is 0.0592. The van der Waals surface area contributed by atoms with E-state index in [0.717, 1.165) is 42.9 Å². The van der Waals surface area contributed by atoms with Crippen LogP contribution in [0.5, 0.6) is 0 Å². The second-order valence-corrected chi connectivity index (χ2v) is 12.7. The predicted octanol–water partition coefficient (Wildman–Crippen LogP) is 7.78. The molecule has 3 saturated carbocycles. The van der Waals surface area contributed by atoms with Crippen molar-refractivity contribution >= 4 is 5.78 Å². The summed E-state index contributed by atoms with van der Waals surface area (Å²) >= 11 is 0. The van der Waals surface area contributed by atoms with Gasteiger partial charge in [0.15, 0.2) is 0 Å². The molecule has 0 aromatic heterocycles. The average molecular weight is 422 g/mol. The van der Waals surface area contributed by atoms with Crippen molar-refractivity contribution in [1.29, 1.82) is 5.26 Å². The molecule has 0 spiro atoms. The molecule has 0 aliphatic heterocycles. The summed E-state index contributed by atoms with van der Waals surface area (Å²) in [5, 5.41) is 10.2. The number of hydrogen-bond donors (Lipinski definition) is 0. The molecule has 0 heterocycles. The second-order valence-electron chi connectivity index (χ2n) is 12.7. The number of rotatable bonds is 3. The maximum Gasteiger partial charge on any atom is 0.134 e. The minimum Gasteiger partial charge on any atom is -0.300 e. The Bertz CT molecular complexity index is 813. The topological polar surface area (TPSA) is 40.9 Å². The molecule has 0 amide bonds. The molecule has 170 valence electrons. The van der Waals surface area contributed by atoms with Gasteiger partial charge in [-0.25, -0.2) is 0 Å². The van der Waals surface area contributed by atoms with E-state index in [2.05, 4.69) is 26.8 Å². The van der Waals surface area contributed by atoms with E-state index in [9.17, 15) is 10.1 Å². The Balaban J connectivity index is 1.41. The summed E-state index contributed by atoms with van der Waals surface area (Å²) in [7, 11) is 0. The zero-order valence-electron chi connectivity index (χ0n) is 20.3. The summed E-state index contributed by atoms with van der Waals surface area (Å²) in [6.45, 7) is 7.57. The number of fused-ring (bicyclic) bond motifs is 4. The lowest BCUT2D eigenvalue weighted by Crippen LogP contribution is -2.51. The smallest absolute Gasteiger partial charge is 0.134 e. The number of carbonyl (C=O) groups is 1. The molecule has 0 saturated heterocycles. The van der Waals surface area contributed by atoms with Gasteiger partial charge in [0, 0.05) is 18.3 Å². The lowest BCUT2D eigenvalue weighted by atomic mass is 9.45. The Morgan fingerprint density at radius 1 is 1.00 bits per heavy atom. The van der Waals surface area contributed by atoms with Gasteiger partial charge < -0.3 is 0 Å². The average Bonchev–Trinajstić information content (AvgIpc) is 3.12. The fourth-order valence-electron chi connectivity index (χ4n) is 9.58. The molecule has 5 aliphatic carbocycles. The molecule has 2 heteroatoms. The third kappa shape index (κ3) is 3.20. The lowest BCUT2D eigenvalue weighted by molar-refractivity contribution is -0.127. The van der Waals surface area contributed by atoms with Crippen molar-refractivity contribution < 1.29 is 4.79 Å². The first-order valence-electron chi connectivity index (χ1n) is 13.5. The van der Waals surface area contributed by atoms with Gasteiger partial charge in [-0.05, 0) is 80.5 Å². The van der Waals surface area contributed by atoms with Gasteiger partial charge in [0.05, 0.1) is 11.5 Å². The molecule has 0 aromatic carbocycles. The zero-order valence-corrected chi connectivity index (χ0v) is 20.3. The lowest BCUT2D eigenvalue weighted by Gasteiger charge is -2.57. The molecule has 2 nitrogen and oxygen atoms in total. The fourth-order valence-corrected chi connectivity index (χ4v) is 9.58. The van der Waals surface area contributed by atoms with Gasteiger partial charge in [-0.15, -0.1) is 0 Å². The normalized spacial score (nSPS) is 44.3. The number of carbonyl (C=O) groups excluding carboxylic acids is 1. The van der Waals surface area contributed by atoms with Gasteiger partial charge in [-0.3, -0.25) is 4.79 Å². The van der Waals surface area contributed by atoms with Gasteiger partial charge in [-0.2, -0.15) is 5.26 Å². The van der Waals surface area contributed by atoms with Crippen LogP contribution < -0.4 is 0 Å². The number of nitriles is 1. The molecule has 5 rings (SSSR count). The van der Waals surface area contributed by atoms with Crippen LogP contribution in [0.15, 0.2) is 11.1 Å². The minimum atomic E-state index is -0.429. The Morgan fingerprint density at radius 2 is 1.77 bits per heavy atom. The van der Waals surface area contributed by atoms with E-state index in [1.807, 2.05) is 0 Å². The number of ketones is 1. The van der Waals surface area contributed by atoms with Gasteiger partial charge in [0.25, 0.3) is 0 Å². The van der Waals surface area contributed by atoms with E-state index in [1.54, 1.807) is 11.1 Å². The van der Waals surface area contributed by atoms with Gasteiger partial charge in [0.1, 0.15) is 5.78 Å². The molecule has 0 bridgehead atoms. The van der Waals surface area contributed by atoms with Crippen molar-refractivity contribution in [3.05, 3.63) is 11.1 Å². The molecular formula is C29H43NO. The number of nitrogens with zero attached hydrogens (tertiary/aromatic N) is 1. The summed E-state index contributed by atoms with van der Waals surface area (Å²) in [6, 6.07) is 2.71. The van der Waals surface area contributed by atoms with E-state index < -0.39 is 5.41 Å². The highest BCUT2D eigenvalue weighted by Crippen LogP contribution is 2.68. The molecule has 5 aliphatic rings. The van der Waals surface area contributed by atoms with Crippen LogP contribution in [0.1, 0.15) is 117 Å². The summed E-state index contributed by atoms with van der Waals surface area (Å²) in [5.41, 5.74) is 3.36. The zero-order chi connectivity index (χ0) is 21.9. The Kier molecular flexibility index (Phi) is 5.43. The summed E-state index contributed by atoms with van der Waals surface area (Å²) < 4.78 is 0. The largest absolute Gasteiger partial charge is 0.300 e. The van der Waals surface area contributed by atoms with Crippen LogP contribution >= 0.6 is 0 Å². The van der Waals surface area contributed by atoms with Gasteiger partial charge in [0.2, 0.25) is 0 Å². The monoisotopic (exact) mass is 421 g/mol. The molecular weight excluding hydrogens is 378 g/mol. The summed E-state index contributed by atoms with van der Waals surface area (Å²) in [6.07, 6.45) is 18.1. The first kappa shape index (κ1) is 21.7. The predicted molar refractivity (Wildman–Crippen MR) is 125 cm³/mol. The van der Waals surface area contributed by atoms with Crippen LogP contribution in [0.3, 0.4) is 0 Å². The molecule has 3 fully saturated rings. The van der Waals surface area contributed by atoms with Crippen LogP contribution in [0.4, 0.5) is 0 Å². The second kappa shape index (κ2) is 7.74. The van der Waals surface area contributed by atoms with Crippen LogP contribution in [0.25, 0.3) is 0 Å². The molecule has 0 unspecified atom stereocenters. The van der Waals surface area contributed by atoms with Crippen molar-refractivity contribution in [2.24, 2.45) is 39.9 Å². The van der Waals surface area contributed by atoms with Crippen molar-refractivity contribution in [3.63, 3.8) is 0 Å². The van der Waals surface area contributed by atoms with Crippen LogP contribution in [-0.4, -0.2) is 5.78 Å². The van der Waals surface area contributed by atoms with E-state index in [-0.39, 0.29) is 5.41 Å². The van der Waals surface area contributed by atoms with Crippen molar-refractivity contribution in [1.82, 2.24) is 0 Å². The van der Waals surface area contributed by atoms with Crippen molar-refractivity contribution in [2.75, 3.05) is 0 Å². The quantitative estimate of drug-likeness (QED) is 0.436. The first-order valence-corrected chi connectivity index (χ1v) is 13.5. The highest BCUT2D eigenvalue weighted by atomic mass is 16.1. The Labute approximate surface area is 190 Å². The highest BCUT2D eigenvalue weighted by Gasteiger charge is 2.61. The third-order valence-corrected chi connectivity index (χ3v) is 11.4. The standard InChI is InChI=1S/C29H43NO/c1-20(17-21-7-5-4-6-8-21)24-9-10-25-23-12-16-29(19-30)18-22(31)11-15-28(29,3)26(23)13-14-27(24,25)2/h20-21,24-25H,4-18H2,1-3H3/t20-,24-,25+,27-,28-,29+/m1/s1. The Morgan fingerprint density at radius 3 is 2.52 bits per heavy atom. The summed E-state index contributed by atoms with van der Waals surface area (Å²) in [4.78, 5) is 12.3. The molecule has 0 radical (unpaired) electrons. The number of allylic oxidation sites excluding steroid dienone is 2.